The Labute approximate surface area is 115 Å². The molecule has 6 heteroatoms. The Morgan fingerprint density at radius 2 is 2.29 bits per heavy atom. The molecule has 0 aliphatic carbocycles. The van der Waals surface area contributed by atoms with Gasteiger partial charge in [0.2, 0.25) is 0 Å². The number of pyridine rings is 1. The maximum atomic E-state index is 6.11. The Hall–Kier alpha value is -0.360. The molecule has 1 aromatic heterocycles. The number of aromatic nitrogens is 1. The van der Waals surface area contributed by atoms with Crippen molar-refractivity contribution in [3.05, 3.63) is 21.8 Å². The van der Waals surface area contributed by atoms with E-state index in [-0.39, 0.29) is 0 Å². The van der Waals surface area contributed by atoms with Crippen LogP contribution in [0.25, 0.3) is 0 Å². The Kier molecular flexibility index (Phi) is 6.80. The van der Waals surface area contributed by atoms with Crippen molar-refractivity contribution < 1.29 is 4.74 Å². The zero-order chi connectivity index (χ0) is 12.7. The van der Waals surface area contributed by atoms with Crippen LogP contribution >= 0.6 is 27.5 Å². The number of ether oxygens (including phenoxy) is 1. The molecule has 0 bridgehead atoms. The van der Waals surface area contributed by atoms with Crippen molar-refractivity contribution in [3.63, 3.8) is 0 Å². The second-order valence-electron chi connectivity index (χ2n) is 3.62. The van der Waals surface area contributed by atoms with Gasteiger partial charge in [-0.05, 0) is 22.0 Å². The average molecular weight is 323 g/mol. The zero-order valence-corrected chi connectivity index (χ0v) is 12.4. The van der Waals surface area contributed by atoms with Gasteiger partial charge in [-0.1, -0.05) is 11.6 Å². The summed E-state index contributed by atoms with van der Waals surface area (Å²) in [6, 6.07) is 1.85. The summed E-state index contributed by atoms with van der Waals surface area (Å²) in [7, 11) is 3.67. The molecule has 0 aromatic carbocycles. The second-order valence-corrected chi connectivity index (χ2v) is 4.95. The fourth-order valence-electron chi connectivity index (χ4n) is 1.34. The molecule has 0 aliphatic rings. The summed E-state index contributed by atoms with van der Waals surface area (Å²) in [5.74, 6) is 0.795. The van der Waals surface area contributed by atoms with Crippen LogP contribution in [0, 0.1) is 0 Å². The summed E-state index contributed by atoms with van der Waals surface area (Å²) in [4.78, 5) is 6.31. The van der Waals surface area contributed by atoms with Gasteiger partial charge < -0.3 is 15.0 Å². The molecule has 0 amide bonds. The minimum atomic E-state index is 0.652. The number of hydrogen-bond acceptors (Lipinski definition) is 4. The van der Waals surface area contributed by atoms with E-state index < -0.39 is 0 Å². The highest BCUT2D eigenvalue weighted by Crippen LogP contribution is 2.24. The van der Waals surface area contributed by atoms with E-state index in [4.69, 9.17) is 16.3 Å². The van der Waals surface area contributed by atoms with Crippen molar-refractivity contribution in [1.82, 2.24) is 10.3 Å². The van der Waals surface area contributed by atoms with Gasteiger partial charge in [-0.2, -0.15) is 0 Å². The lowest BCUT2D eigenvalue weighted by Crippen LogP contribution is -2.31. The lowest BCUT2D eigenvalue weighted by Gasteiger charge is -2.19. The van der Waals surface area contributed by atoms with Crippen LogP contribution in [-0.2, 0) is 4.74 Å². The molecule has 0 radical (unpaired) electrons. The van der Waals surface area contributed by atoms with Crippen molar-refractivity contribution in [3.8, 4) is 0 Å². The van der Waals surface area contributed by atoms with Crippen molar-refractivity contribution in [2.24, 2.45) is 0 Å². The van der Waals surface area contributed by atoms with Gasteiger partial charge in [0.15, 0.2) is 0 Å². The Morgan fingerprint density at radius 1 is 1.53 bits per heavy atom. The van der Waals surface area contributed by atoms with E-state index >= 15 is 0 Å². The summed E-state index contributed by atoms with van der Waals surface area (Å²) in [5, 5.41) is 3.92. The number of nitrogens with one attached hydrogen (secondary N) is 1. The zero-order valence-electron chi connectivity index (χ0n) is 10.0. The number of hydrogen-bond donors (Lipinski definition) is 1. The third-order valence-electron chi connectivity index (χ3n) is 2.26. The molecule has 17 heavy (non-hydrogen) atoms. The Balaban J connectivity index is 2.38. The largest absolute Gasteiger partial charge is 0.383 e. The monoisotopic (exact) mass is 321 g/mol. The van der Waals surface area contributed by atoms with E-state index in [1.807, 2.05) is 18.0 Å². The molecule has 0 fully saturated rings. The van der Waals surface area contributed by atoms with Crippen LogP contribution in [0.5, 0.6) is 0 Å². The molecular weight excluding hydrogens is 305 g/mol. The van der Waals surface area contributed by atoms with Crippen molar-refractivity contribution >= 4 is 33.3 Å². The number of anilines is 1. The van der Waals surface area contributed by atoms with Crippen LogP contribution in [-0.4, -0.2) is 45.4 Å². The minimum absolute atomic E-state index is 0.652. The smallest absolute Gasteiger partial charge is 0.147 e. The fraction of sp³-hybridized carbons (Fsp3) is 0.545. The molecule has 0 atom stereocenters. The molecule has 96 valence electrons. The molecule has 1 heterocycles. The maximum Gasteiger partial charge on any atom is 0.147 e. The van der Waals surface area contributed by atoms with Crippen LogP contribution < -0.4 is 10.2 Å². The first kappa shape index (κ1) is 14.7. The van der Waals surface area contributed by atoms with E-state index in [0.29, 0.717) is 5.02 Å². The Bertz CT molecular complexity index is 351. The van der Waals surface area contributed by atoms with Crippen LogP contribution in [0.1, 0.15) is 0 Å². The third-order valence-corrected chi connectivity index (χ3v) is 2.97. The summed E-state index contributed by atoms with van der Waals surface area (Å²) < 4.78 is 5.84. The van der Waals surface area contributed by atoms with Crippen LogP contribution in [0.2, 0.25) is 5.02 Å². The molecule has 0 aliphatic heterocycles. The van der Waals surface area contributed by atoms with Gasteiger partial charge >= 0.3 is 0 Å². The minimum Gasteiger partial charge on any atom is -0.383 e. The van der Waals surface area contributed by atoms with Crippen molar-refractivity contribution in [2.75, 3.05) is 45.3 Å². The first-order valence-electron chi connectivity index (χ1n) is 5.37. The third kappa shape index (κ3) is 5.21. The van der Waals surface area contributed by atoms with Gasteiger partial charge in [0.25, 0.3) is 0 Å². The van der Waals surface area contributed by atoms with Gasteiger partial charge in [0, 0.05) is 44.5 Å². The molecular formula is C11H17BrClN3O. The molecule has 4 nitrogen and oxygen atoms in total. The van der Waals surface area contributed by atoms with E-state index in [1.165, 1.54) is 0 Å². The summed E-state index contributed by atoms with van der Waals surface area (Å²) in [6.07, 6.45) is 1.75. The predicted molar refractivity (Wildman–Crippen MR) is 75.0 cm³/mol. The highest BCUT2D eigenvalue weighted by Gasteiger charge is 2.07. The molecule has 0 saturated carbocycles. The van der Waals surface area contributed by atoms with Crippen LogP contribution in [0.15, 0.2) is 16.7 Å². The topological polar surface area (TPSA) is 37.4 Å². The highest BCUT2D eigenvalue weighted by molar-refractivity contribution is 9.10. The number of rotatable bonds is 7. The predicted octanol–water partition coefficient (Wildman–Crippen LogP) is 2.17. The molecule has 0 spiro atoms. The number of methoxy groups -OCH3 is 1. The highest BCUT2D eigenvalue weighted by atomic mass is 79.9. The van der Waals surface area contributed by atoms with Gasteiger partial charge in [-0.25, -0.2) is 4.98 Å². The quantitative estimate of drug-likeness (QED) is 0.781. The van der Waals surface area contributed by atoms with E-state index in [9.17, 15) is 0 Å². The SMILES string of the molecule is COCCNCCN(C)c1ncc(Br)cc1Cl. The van der Waals surface area contributed by atoms with Gasteiger partial charge in [-0.3, -0.25) is 0 Å². The number of nitrogens with zero attached hydrogens (tertiary/aromatic N) is 2. The number of halogens is 2. The molecule has 0 saturated heterocycles. The van der Waals surface area contributed by atoms with Crippen molar-refractivity contribution in [1.29, 1.82) is 0 Å². The molecule has 0 unspecified atom stereocenters. The van der Waals surface area contributed by atoms with Gasteiger partial charge in [0.1, 0.15) is 5.82 Å². The van der Waals surface area contributed by atoms with Crippen LogP contribution in [0.3, 0.4) is 0 Å². The first-order valence-corrected chi connectivity index (χ1v) is 6.54. The average Bonchev–Trinajstić information content (AvgIpc) is 2.28. The summed E-state index contributed by atoms with van der Waals surface area (Å²) in [5.41, 5.74) is 0. The molecule has 1 N–H and O–H groups in total. The summed E-state index contributed by atoms with van der Waals surface area (Å²) in [6.45, 7) is 3.29. The standard InChI is InChI=1S/C11H17BrClN3O/c1-16(5-3-14-4-6-17-2)11-10(13)7-9(12)8-15-11/h7-8,14H,3-6H2,1-2H3. The normalized spacial score (nSPS) is 10.6. The van der Waals surface area contributed by atoms with Gasteiger partial charge in [0.05, 0.1) is 11.6 Å². The fourth-order valence-corrected chi connectivity index (χ4v) is 2.11. The molecule has 1 aromatic rings. The van der Waals surface area contributed by atoms with E-state index in [0.717, 1.165) is 36.5 Å². The van der Waals surface area contributed by atoms with Crippen molar-refractivity contribution in [2.45, 2.75) is 0 Å². The first-order chi connectivity index (χ1) is 8.15. The number of likely N-dealkylation sites (N-methyl/N-ethyl adjacent to an activating group) is 1. The lowest BCUT2D eigenvalue weighted by molar-refractivity contribution is 0.200. The Morgan fingerprint density at radius 3 is 2.94 bits per heavy atom. The summed E-state index contributed by atoms with van der Waals surface area (Å²) >= 11 is 9.45. The van der Waals surface area contributed by atoms with Gasteiger partial charge in [-0.15, -0.1) is 0 Å². The van der Waals surface area contributed by atoms with Crippen LogP contribution in [0.4, 0.5) is 5.82 Å². The van der Waals surface area contributed by atoms with E-state index in [1.54, 1.807) is 13.3 Å². The van der Waals surface area contributed by atoms with E-state index in [2.05, 4.69) is 26.2 Å². The second kappa shape index (κ2) is 7.87. The lowest BCUT2D eigenvalue weighted by atomic mass is 10.4. The molecule has 1 rings (SSSR count). The maximum absolute atomic E-state index is 6.11.